The molecule has 2 unspecified atom stereocenters. The van der Waals surface area contributed by atoms with E-state index in [0.717, 1.165) is 44.1 Å². The van der Waals surface area contributed by atoms with Crippen molar-refractivity contribution in [3.05, 3.63) is 35.4 Å². The predicted octanol–water partition coefficient (Wildman–Crippen LogP) is 3.36. The lowest BCUT2D eigenvalue weighted by atomic mass is 9.94. The number of carbonyl (C=O) groups excluding carboxylic acids is 3. The Hall–Kier alpha value is -2.61. The standard InChI is InChI=1S/C26H39N3O5/c1-17-10-12-18(13-11-17)22(23(31)27-19-8-6-5-7-9-19)29(20-14-15-20)24(32)21(16-30)28-25(33)34-26(2,3)4/h10-13,19-22,30H,5-9,14-16H2,1-4H3,(H,27,31)(H,28,33). The van der Waals surface area contributed by atoms with E-state index in [-0.39, 0.29) is 18.0 Å². The lowest BCUT2D eigenvalue weighted by molar-refractivity contribution is -0.144. The van der Waals surface area contributed by atoms with Gasteiger partial charge in [-0.05, 0) is 58.9 Å². The molecule has 8 nitrogen and oxygen atoms in total. The van der Waals surface area contributed by atoms with E-state index in [4.69, 9.17) is 4.74 Å². The molecule has 3 amide bonds. The Labute approximate surface area is 202 Å². The second kappa shape index (κ2) is 11.2. The van der Waals surface area contributed by atoms with Gasteiger partial charge in [-0.15, -0.1) is 0 Å². The normalized spacial score (nSPS) is 18.5. The maximum Gasteiger partial charge on any atom is 0.408 e. The van der Waals surface area contributed by atoms with E-state index >= 15 is 0 Å². The molecule has 3 rings (SSSR count). The van der Waals surface area contributed by atoms with Crippen molar-refractivity contribution in [1.82, 2.24) is 15.5 Å². The summed E-state index contributed by atoms with van der Waals surface area (Å²) < 4.78 is 5.27. The summed E-state index contributed by atoms with van der Waals surface area (Å²) in [4.78, 5) is 41.1. The number of ether oxygens (including phenoxy) is 1. The highest BCUT2D eigenvalue weighted by Gasteiger charge is 2.44. The Morgan fingerprint density at radius 3 is 2.21 bits per heavy atom. The first-order valence-electron chi connectivity index (χ1n) is 12.4. The van der Waals surface area contributed by atoms with Gasteiger partial charge in [0.05, 0.1) is 6.61 Å². The molecule has 2 fully saturated rings. The number of nitrogens with one attached hydrogen (secondary N) is 2. The summed E-state index contributed by atoms with van der Waals surface area (Å²) in [5.41, 5.74) is 1.03. The van der Waals surface area contributed by atoms with Crippen molar-refractivity contribution in [2.45, 2.75) is 102 Å². The predicted molar refractivity (Wildman–Crippen MR) is 129 cm³/mol. The van der Waals surface area contributed by atoms with Gasteiger partial charge < -0.3 is 25.4 Å². The number of aliphatic hydroxyl groups is 1. The van der Waals surface area contributed by atoms with Crippen LogP contribution in [0.1, 0.15) is 82.9 Å². The molecular weight excluding hydrogens is 434 g/mol. The Balaban J connectivity index is 1.87. The molecule has 2 atom stereocenters. The SMILES string of the molecule is Cc1ccc(C(C(=O)NC2CCCCC2)N(C(=O)C(CO)NC(=O)OC(C)(C)C)C2CC2)cc1. The van der Waals surface area contributed by atoms with Crippen LogP contribution in [0.5, 0.6) is 0 Å². The Kier molecular flexibility index (Phi) is 8.57. The van der Waals surface area contributed by atoms with Crippen LogP contribution in [0.4, 0.5) is 4.79 Å². The van der Waals surface area contributed by atoms with E-state index in [2.05, 4.69) is 10.6 Å². The molecule has 2 aliphatic rings. The Bertz CT molecular complexity index is 854. The zero-order valence-electron chi connectivity index (χ0n) is 20.8. The van der Waals surface area contributed by atoms with Crippen LogP contribution in [-0.2, 0) is 14.3 Å². The van der Waals surface area contributed by atoms with Crippen molar-refractivity contribution in [2.75, 3.05) is 6.61 Å². The molecule has 188 valence electrons. The number of hydrogen-bond donors (Lipinski definition) is 3. The first-order valence-corrected chi connectivity index (χ1v) is 12.4. The lowest BCUT2D eigenvalue weighted by Crippen LogP contribution is -2.55. The largest absolute Gasteiger partial charge is 0.444 e. The topological polar surface area (TPSA) is 108 Å². The molecule has 0 spiro atoms. The van der Waals surface area contributed by atoms with Crippen LogP contribution < -0.4 is 10.6 Å². The first kappa shape index (κ1) is 26.0. The molecule has 34 heavy (non-hydrogen) atoms. The zero-order chi connectivity index (χ0) is 24.9. The monoisotopic (exact) mass is 473 g/mol. The fraction of sp³-hybridized carbons (Fsp3) is 0.654. The van der Waals surface area contributed by atoms with Gasteiger partial charge in [-0.25, -0.2) is 4.79 Å². The summed E-state index contributed by atoms with van der Waals surface area (Å²) in [6.07, 6.45) is 5.97. The minimum atomic E-state index is -1.20. The summed E-state index contributed by atoms with van der Waals surface area (Å²) in [7, 11) is 0. The number of rotatable bonds is 8. The van der Waals surface area contributed by atoms with Crippen molar-refractivity contribution < 1.29 is 24.2 Å². The highest BCUT2D eigenvalue weighted by molar-refractivity contribution is 5.92. The molecule has 0 bridgehead atoms. The fourth-order valence-corrected chi connectivity index (χ4v) is 4.40. The van der Waals surface area contributed by atoms with Gasteiger partial charge in [0.2, 0.25) is 11.8 Å². The minimum Gasteiger partial charge on any atom is -0.444 e. The number of hydrogen-bond acceptors (Lipinski definition) is 5. The quantitative estimate of drug-likeness (QED) is 0.537. The molecule has 2 aliphatic carbocycles. The summed E-state index contributed by atoms with van der Waals surface area (Å²) in [5.74, 6) is -0.704. The van der Waals surface area contributed by atoms with Crippen molar-refractivity contribution >= 4 is 17.9 Å². The summed E-state index contributed by atoms with van der Waals surface area (Å²) in [6, 6.07) is 5.53. The number of benzene rings is 1. The average Bonchev–Trinajstić information content (AvgIpc) is 3.60. The van der Waals surface area contributed by atoms with Crippen molar-refractivity contribution in [3.63, 3.8) is 0 Å². The third-order valence-electron chi connectivity index (χ3n) is 6.24. The second-order valence-corrected chi connectivity index (χ2v) is 10.5. The highest BCUT2D eigenvalue weighted by Crippen LogP contribution is 2.36. The Morgan fingerprint density at radius 1 is 1.06 bits per heavy atom. The van der Waals surface area contributed by atoms with Gasteiger partial charge in [-0.2, -0.15) is 0 Å². The molecule has 1 aromatic rings. The number of aliphatic hydroxyl groups excluding tert-OH is 1. The molecule has 2 saturated carbocycles. The molecule has 0 radical (unpaired) electrons. The number of amides is 3. The lowest BCUT2D eigenvalue weighted by Gasteiger charge is -2.35. The number of nitrogens with zero attached hydrogens (tertiary/aromatic N) is 1. The smallest absolute Gasteiger partial charge is 0.408 e. The van der Waals surface area contributed by atoms with E-state index < -0.39 is 36.3 Å². The van der Waals surface area contributed by atoms with Crippen molar-refractivity contribution in [1.29, 1.82) is 0 Å². The van der Waals surface area contributed by atoms with Crippen LogP contribution in [0.15, 0.2) is 24.3 Å². The van der Waals surface area contributed by atoms with E-state index in [9.17, 15) is 19.5 Å². The van der Waals surface area contributed by atoms with Gasteiger partial charge in [-0.1, -0.05) is 49.1 Å². The maximum atomic E-state index is 13.7. The van der Waals surface area contributed by atoms with E-state index in [1.54, 1.807) is 25.7 Å². The van der Waals surface area contributed by atoms with Crippen molar-refractivity contribution in [3.8, 4) is 0 Å². The zero-order valence-corrected chi connectivity index (χ0v) is 20.8. The third kappa shape index (κ3) is 7.19. The summed E-state index contributed by atoms with van der Waals surface area (Å²) >= 11 is 0. The van der Waals surface area contributed by atoms with Gasteiger partial charge in [-0.3, -0.25) is 9.59 Å². The molecule has 0 heterocycles. The number of aryl methyl sites for hydroxylation is 1. The van der Waals surface area contributed by atoms with Crippen LogP contribution in [-0.4, -0.2) is 58.2 Å². The first-order chi connectivity index (χ1) is 16.1. The summed E-state index contributed by atoms with van der Waals surface area (Å²) in [6.45, 7) is 6.55. The molecule has 0 aliphatic heterocycles. The van der Waals surface area contributed by atoms with Crippen LogP contribution >= 0.6 is 0 Å². The Morgan fingerprint density at radius 2 is 1.68 bits per heavy atom. The van der Waals surface area contributed by atoms with Crippen LogP contribution in [0.2, 0.25) is 0 Å². The highest BCUT2D eigenvalue weighted by atomic mass is 16.6. The van der Waals surface area contributed by atoms with Crippen molar-refractivity contribution in [2.24, 2.45) is 0 Å². The number of alkyl carbamates (subject to hydrolysis) is 1. The van der Waals surface area contributed by atoms with Crippen LogP contribution in [0, 0.1) is 6.92 Å². The minimum absolute atomic E-state index is 0.0962. The van der Waals surface area contributed by atoms with Gasteiger partial charge in [0, 0.05) is 12.1 Å². The molecule has 8 heteroatoms. The fourth-order valence-electron chi connectivity index (χ4n) is 4.40. The van der Waals surface area contributed by atoms with Crippen LogP contribution in [0.3, 0.4) is 0 Å². The molecule has 3 N–H and O–H groups in total. The molecule has 0 saturated heterocycles. The van der Waals surface area contributed by atoms with Gasteiger partial charge in [0.25, 0.3) is 0 Å². The summed E-state index contributed by atoms with van der Waals surface area (Å²) in [5, 5.41) is 15.6. The molecule has 0 aromatic heterocycles. The van der Waals surface area contributed by atoms with Gasteiger partial charge in [0.15, 0.2) is 0 Å². The van der Waals surface area contributed by atoms with E-state index in [1.807, 2.05) is 31.2 Å². The van der Waals surface area contributed by atoms with Gasteiger partial charge in [0.1, 0.15) is 17.7 Å². The van der Waals surface area contributed by atoms with E-state index in [0.29, 0.717) is 5.56 Å². The average molecular weight is 474 g/mol. The maximum absolute atomic E-state index is 13.7. The van der Waals surface area contributed by atoms with Gasteiger partial charge >= 0.3 is 6.09 Å². The second-order valence-electron chi connectivity index (χ2n) is 10.5. The molecule has 1 aromatic carbocycles. The number of carbonyl (C=O) groups is 3. The third-order valence-corrected chi connectivity index (χ3v) is 6.24. The van der Waals surface area contributed by atoms with Crippen LogP contribution in [0.25, 0.3) is 0 Å². The molecular formula is C26H39N3O5. The van der Waals surface area contributed by atoms with E-state index in [1.165, 1.54) is 6.42 Å².